The number of non-ortho nitro benzene ring substituents is 1. The molecular weight excluding hydrogens is 398 g/mol. The Balaban J connectivity index is 2.06. The van der Waals surface area contributed by atoms with Gasteiger partial charge in [-0.2, -0.15) is 4.31 Å². The van der Waals surface area contributed by atoms with Gasteiger partial charge >= 0.3 is 0 Å². The summed E-state index contributed by atoms with van der Waals surface area (Å²) in [6.45, 7) is 5.94. The predicted octanol–water partition coefficient (Wildman–Crippen LogP) is 3.30. The van der Waals surface area contributed by atoms with Crippen molar-refractivity contribution in [2.45, 2.75) is 28.5 Å². The lowest BCUT2D eigenvalue weighted by Gasteiger charge is -2.31. The molecule has 2 aromatic rings. The third-order valence-corrected chi connectivity index (χ3v) is 8.09. The molecule has 7 nitrogen and oxygen atoms in total. The molecule has 0 atom stereocenters. The molecule has 1 heterocycles. The Morgan fingerprint density at radius 3 is 2.32 bits per heavy atom. The van der Waals surface area contributed by atoms with Gasteiger partial charge in [-0.05, 0) is 44.2 Å². The number of aryl methyl sites for hydroxylation is 2. The molecule has 2 aromatic carbocycles. The topological polar surface area (TPSA) is 83.8 Å². The summed E-state index contributed by atoms with van der Waals surface area (Å²) in [7, 11) is -1.89. The second-order valence-electron chi connectivity index (χ2n) is 6.97. The molecule has 0 unspecified atom stereocenters. The van der Waals surface area contributed by atoms with Crippen LogP contribution in [0.5, 0.6) is 0 Å². The number of nitrogens with zero attached hydrogens (tertiary/aromatic N) is 3. The van der Waals surface area contributed by atoms with Crippen LogP contribution in [0.2, 0.25) is 0 Å². The van der Waals surface area contributed by atoms with Crippen LogP contribution in [0, 0.1) is 24.0 Å². The molecule has 0 saturated carbocycles. The summed E-state index contributed by atoms with van der Waals surface area (Å²) in [5.74, 6) is 0. The zero-order chi connectivity index (χ0) is 20.5. The van der Waals surface area contributed by atoms with E-state index >= 15 is 0 Å². The molecule has 1 aliphatic rings. The SMILES string of the molecule is Cc1ccc(C)c(Sc2ccc([N+](=O)[O-])cc2S(=O)(=O)N2CCN(C)CC2)c1. The highest BCUT2D eigenvalue weighted by atomic mass is 32.2. The third kappa shape index (κ3) is 4.38. The van der Waals surface area contributed by atoms with E-state index in [1.165, 1.54) is 34.3 Å². The Kier molecular flexibility index (Phi) is 6.09. The van der Waals surface area contributed by atoms with E-state index < -0.39 is 14.9 Å². The largest absolute Gasteiger partial charge is 0.304 e. The fourth-order valence-corrected chi connectivity index (χ4v) is 5.96. The van der Waals surface area contributed by atoms with Gasteiger partial charge in [0.05, 0.1) is 4.92 Å². The van der Waals surface area contributed by atoms with E-state index in [0.29, 0.717) is 31.1 Å². The predicted molar refractivity (Wildman–Crippen MR) is 109 cm³/mol. The van der Waals surface area contributed by atoms with Crippen LogP contribution in [0.1, 0.15) is 11.1 Å². The summed E-state index contributed by atoms with van der Waals surface area (Å²) < 4.78 is 28.0. The highest BCUT2D eigenvalue weighted by Gasteiger charge is 2.31. The minimum Gasteiger partial charge on any atom is -0.304 e. The van der Waals surface area contributed by atoms with Gasteiger partial charge < -0.3 is 4.90 Å². The first-order valence-corrected chi connectivity index (χ1v) is 11.2. The van der Waals surface area contributed by atoms with Crippen molar-refractivity contribution in [3.63, 3.8) is 0 Å². The van der Waals surface area contributed by atoms with Gasteiger partial charge in [-0.15, -0.1) is 0 Å². The van der Waals surface area contributed by atoms with Crippen molar-refractivity contribution in [3.8, 4) is 0 Å². The zero-order valence-electron chi connectivity index (χ0n) is 16.1. The molecule has 1 saturated heterocycles. The minimum absolute atomic E-state index is 0.00263. The molecule has 0 bridgehead atoms. The summed E-state index contributed by atoms with van der Waals surface area (Å²) >= 11 is 1.33. The first-order valence-electron chi connectivity index (χ1n) is 8.91. The van der Waals surface area contributed by atoms with E-state index in [1.54, 1.807) is 0 Å². The summed E-state index contributed by atoms with van der Waals surface area (Å²) in [6, 6.07) is 10.0. The van der Waals surface area contributed by atoms with Crippen molar-refractivity contribution in [2.75, 3.05) is 33.2 Å². The molecular formula is C19H23N3O4S2. The number of sulfonamides is 1. The average Bonchev–Trinajstić information content (AvgIpc) is 2.65. The van der Waals surface area contributed by atoms with Crippen molar-refractivity contribution < 1.29 is 13.3 Å². The summed E-state index contributed by atoms with van der Waals surface area (Å²) in [5.41, 5.74) is 1.87. The lowest BCUT2D eigenvalue weighted by atomic mass is 10.2. The van der Waals surface area contributed by atoms with Gasteiger partial charge in [0.2, 0.25) is 10.0 Å². The number of hydrogen-bond donors (Lipinski definition) is 0. The first-order chi connectivity index (χ1) is 13.2. The molecule has 0 spiro atoms. The molecule has 0 aliphatic carbocycles. The van der Waals surface area contributed by atoms with Crippen LogP contribution in [0.3, 0.4) is 0 Å². The molecule has 0 aromatic heterocycles. The maximum absolute atomic E-state index is 13.3. The fourth-order valence-electron chi connectivity index (χ4n) is 3.00. The summed E-state index contributed by atoms with van der Waals surface area (Å²) in [5, 5.41) is 11.3. The van der Waals surface area contributed by atoms with E-state index in [2.05, 4.69) is 4.90 Å². The highest BCUT2D eigenvalue weighted by molar-refractivity contribution is 8.00. The maximum Gasteiger partial charge on any atom is 0.270 e. The van der Waals surface area contributed by atoms with Crippen molar-refractivity contribution in [2.24, 2.45) is 0 Å². The van der Waals surface area contributed by atoms with Crippen molar-refractivity contribution in [1.29, 1.82) is 0 Å². The van der Waals surface area contributed by atoms with E-state index in [1.807, 2.05) is 39.1 Å². The van der Waals surface area contributed by atoms with Gasteiger partial charge in [0.15, 0.2) is 0 Å². The number of rotatable bonds is 5. The Bertz CT molecular complexity index is 1000. The fraction of sp³-hybridized carbons (Fsp3) is 0.368. The van der Waals surface area contributed by atoms with E-state index in [9.17, 15) is 18.5 Å². The number of nitro groups is 1. The summed E-state index contributed by atoms with van der Waals surface area (Å²) in [4.78, 5) is 14.2. The lowest BCUT2D eigenvalue weighted by Crippen LogP contribution is -2.47. The number of likely N-dealkylation sites (N-methyl/N-ethyl adjacent to an activating group) is 1. The van der Waals surface area contributed by atoms with E-state index in [4.69, 9.17) is 0 Å². The number of hydrogen-bond acceptors (Lipinski definition) is 6. The van der Waals surface area contributed by atoms with Crippen molar-refractivity contribution >= 4 is 27.5 Å². The number of piperazine rings is 1. The van der Waals surface area contributed by atoms with Gasteiger partial charge in [-0.1, -0.05) is 23.9 Å². The van der Waals surface area contributed by atoms with Gasteiger partial charge in [-0.3, -0.25) is 10.1 Å². The minimum atomic E-state index is -3.83. The lowest BCUT2D eigenvalue weighted by molar-refractivity contribution is -0.385. The summed E-state index contributed by atoms with van der Waals surface area (Å²) in [6.07, 6.45) is 0. The normalized spacial score (nSPS) is 16.2. The van der Waals surface area contributed by atoms with Gasteiger partial charge in [0, 0.05) is 48.1 Å². The van der Waals surface area contributed by atoms with Crippen LogP contribution < -0.4 is 0 Å². The van der Waals surface area contributed by atoms with Crippen molar-refractivity contribution in [3.05, 3.63) is 57.6 Å². The van der Waals surface area contributed by atoms with Crippen LogP contribution in [0.25, 0.3) is 0 Å². The Hall–Kier alpha value is -1.94. The Labute approximate surface area is 169 Å². The Morgan fingerprint density at radius 2 is 1.68 bits per heavy atom. The van der Waals surface area contributed by atoms with E-state index in [-0.39, 0.29) is 10.6 Å². The second kappa shape index (κ2) is 8.20. The number of benzene rings is 2. The quantitative estimate of drug-likeness (QED) is 0.544. The molecule has 150 valence electrons. The standard InChI is InChI=1S/C19H23N3O4S2/c1-14-4-5-15(2)18(12-14)27-17-7-6-16(22(23)24)13-19(17)28(25,26)21-10-8-20(3)9-11-21/h4-7,12-13H,8-11H2,1-3H3. The van der Waals surface area contributed by atoms with Gasteiger partial charge in [-0.25, -0.2) is 8.42 Å². The smallest absolute Gasteiger partial charge is 0.270 e. The third-order valence-electron chi connectivity index (χ3n) is 4.78. The second-order valence-corrected chi connectivity index (χ2v) is 9.96. The van der Waals surface area contributed by atoms with Crippen LogP contribution in [-0.4, -0.2) is 55.8 Å². The van der Waals surface area contributed by atoms with Crippen LogP contribution >= 0.6 is 11.8 Å². The van der Waals surface area contributed by atoms with Gasteiger partial charge in [0.1, 0.15) is 4.90 Å². The Morgan fingerprint density at radius 1 is 1.00 bits per heavy atom. The van der Waals surface area contributed by atoms with Gasteiger partial charge in [0.25, 0.3) is 5.69 Å². The molecule has 0 radical (unpaired) electrons. The van der Waals surface area contributed by atoms with Crippen LogP contribution in [0.4, 0.5) is 5.69 Å². The van der Waals surface area contributed by atoms with Crippen molar-refractivity contribution in [1.82, 2.24) is 9.21 Å². The monoisotopic (exact) mass is 421 g/mol. The number of nitro benzene ring substituents is 1. The highest BCUT2D eigenvalue weighted by Crippen LogP contribution is 2.38. The maximum atomic E-state index is 13.3. The van der Waals surface area contributed by atoms with Crippen LogP contribution in [0.15, 0.2) is 51.1 Å². The van der Waals surface area contributed by atoms with Crippen LogP contribution in [-0.2, 0) is 10.0 Å². The molecule has 0 amide bonds. The molecule has 0 N–H and O–H groups in total. The first kappa shape index (κ1) is 20.8. The molecule has 1 aliphatic heterocycles. The molecule has 3 rings (SSSR count). The zero-order valence-corrected chi connectivity index (χ0v) is 17.7. The molecule has 9 heteroatoms. The molecule has 28 heavy (non-hydrogen) atoms. The average molecular weight is 422 g/mol. The van der Waals surface area contributed by atoms with E-state index in [0.717, 1.165) is 16.0 Å². The molecule has 1 fully saturated rings.